The smallest absolute Gasteiger partial charge is 0.250 e. The maximum atomic E-state index is 7.55. The molecule has 0 aromatic heterocycles. The van der Waals surface area contributed by atoms with Gasteiger partial charge in [-0.3, -0.25) is 0 Å². The molecular formula is C47H82O5Si4. The van der Waals surface area contributed by atoms with Gasteiger partial charge >= 0.3 is 0 Å². The van der Waals surface area contributed by atoms with Crippen LogP contribution in [0.4, 0.5) is 0 Å². The minimum atomic E-state index is -2.31. The summed E-state index contributed by atoms with van der Waals surface area (Å²) in [6, 6.07) is 4.84. The van der Waals surface area contributed by atoms with Crippen molar-refractivity contribution in [3.63, 3.8) is 0 Å². The van der Waals surface area contributed by atoms with Crippen LogP contribution in [-0.4, -0.2) is 33.3 Å². The summed E-state index contributed by atoms with van der Waals surface area (Å²) in [4.78, 5) is 0. The zero-order valence-corrected chi connectivity index (χ0v) is 44.5. The molecule has 1 heterocycles. The highest BCUT2D eigenvalue weighted by atomic mass is 28.4. The largest absolute Gasteiger partial charge is 0.541 e. The van der Waals surface area contributed by atoms with Crippen molar-refractivity contribution >= 4 is 33.3 Å². The number of hydrogen-bond donors (Lipinski definition) is 0. The lowest BCUT2D eigenvalue weighted by Crippen LogP contribution is -2.46. The van der Waals surface area contributed by atoms with Crippen molar-refractivity contribution in [1.29, 1.82) is 0 Å². The first-order valence-corrected chi connectivity index (χ1v) is 33.1. The van der Waals surface area contributed by atoms with Gasteiger partial charge in [0.05, 0.1) is 13.2 Å². The second-order valence-electron chi connectivity index (χ2n) is 25.4. The zero-order valence-electron chi connectivity index (χ0n) is 40.5. The van der Waals surface area contributed by atoms with E-state index < -0.39 is 33.3 Å². The van der Waals surface area contributed by atoms with Gasteiger partial charge in [0.1, 0.15) is 11.5 Å². The molecule has 0 amide bonds. The summed E-state index contributed by atoms with van der Waals surface area (Å²) in [5, 5.41) is 0.0937. The van der Waals surface area contributed by atoms with Gasteiger partial charge in [0, 0.05) is 16.5 Å². The van der Waals surface area contributed by atoms with Gasteiger partial charge in [0.25, 0.3) is 33.3 Å². The van der Waals surface area contributed by atoms with E-state index in [-0.39, 0.29) is 36.4 Å². The molecule has 2 aromatic rings. The molecule has 0 saturated carbocycles. The van der Waals surface area contributed by atoms with Crippen LogP contribution >= 0.6 is 0 Å². The maximum Gasteiger partial charge on any atom is 0.250 e. The van der Waals surface area contributed by atoms with Crippen LogP contribution in [0.15, 0.2) is 12.1 Å². The average Bonchev–Trinajstić information content (AvgIpc) is 3.30. The Morgan fingerprint density at radius 2 is 0.732 bits per heavy atom. The van der Waals surface area contributed by atoms with E-state index in [0.29, 0.717) is 13.2 Å². The second kappa shape index (κ2) is 13.2. The predicted octanol–water partition coefficient (Wildman–Crippen LogP) is 14.9. The first-order valence-electron chi connectivity index (χ1n) is 21.5. The third-order valence-corrected chi connectivity index (χ3v) is 33.1. The third kappa shape index (κ3) is 7.46. The van der Waals surface area contributed by atoms with Gasteiger partial charge in [-0.25, -0.2) is 0 Å². The Morgan fingerprint density at radius 1 is 0.464 bits per heavy atom. The Hall–Kier alpha value is -1.53. The van der Waals surface area contributed by atoms with Crippen molar-refractivity contribution < 1.29 is 22.4 Å². The van der Waals surface area contributed by atoms with Crippen molar-refractivity contribution in [3.05, 3.63) is 45.5 Å². The Bertz CT molecular complexity index is 1740. The van der Waals surface area contributed by atoms with Crippen molar-refractivity contribution in [1.82, 2.24) is 0 Å². The lowest BCUT2D eigenvalue weighted by molar-refractivity contribution is 0.0992. The van der Waals surface area contributed by atoms with E-state index >= 15 is 0 Å². The quantitative estimate of drug-likeness (QED) is 0.248. The highest BCUT2D eigenvalue weighted by Crippen LogP contribution is 2.68. The van der Waals surface area contributed by atoms with Crippen LogP contribution < -0.4 is 17.7 Å². The van der Waals surface area contributed by atoms with Crippen molar-refractivity contribution in [2.24, 2.45) is 0 Å². The third-order valence-electron chi connectivity index (χ3n) is 15.8. The summed E-state index contributed by atoms with van der Waals surface area (Å²) in [6.07, 6.45) is 2.02. The summed E-state index contributed by atoms with van der Waals surface area (Å²) in [7, 11) is -9.11. The van der Waals surface area contributed by atoms with Gasteiger partial charge in [-0.05, 0) is 131 Å². The van der Waals surface area contributed by atoms with Crippen LogP contribution in [0.2, 0.25) is 72.5 Å². The lowest BCUT2D eigenvalue weighted by Gasteiger charge is -2.43. The van der Waals surface area contributed by atoms with Crippen LogP contribution in [0.1, 0.15) is 157 Å². The second-order valence-corrected chi connectivity index (χ2v) is 44.3. The lowest BCUT2D eigenvalue weighted by atomic mass is 9.70. The minimum absolute atomic E-state index is 0.0120. The van der Waals surface area contributed by atoms with Crippen LogP contribution in [-0.2, 0) is 34.2 Å². The molecule has 1 spiro atoms. The molecule has 0 bridgehead atoms. The van der Waals surface area contributed by atoms with E-state index in [1.807, 2.05) is 0 Å². The van der Waals surface area contributed by atoms with Gasteiger partial charge in [-0.1, -0.05) is 111 Å². The molecule has 9 heteroatoms. The molecule has 2 aliphatic carbocycles. The standard InChI is InChI=1S/C47H82O5Si4/c1-41(2,3)53(17,18)49-35-25-33-37-31(39(35)51-55(21,22)43(7,8)9)27-48-28-32-38-34(46(15,16)30-47(37,38)29-45(33,13)14)26-36(50-54(19,20)42(4,5)6)40(32)52-56(23,24)44(10,11)12/h25-26H,27-30H2,1-24H3. The van der Waals surface area contributed by atoms with Gasteiger partial charge in [0.2, 0.25) is 0 Å². The van der Waals surface area contributed by atoms with Gasteiger partial charge < -0.3 is 22.4 Å². The molecule has 5 nitrogen and oxygen atoms in total. The minimum Gasteiger partial charge on any atom is -0.541 e. The van der Waals surface area contributed by atoms with E-state index in [4.69, 9.17) is 22.4 Å². The van der Waals surface area contributed by atoms with Crippen LogP contribution in [0.5, 0.6) is 23.0 Å². The summed E-state index contributed by atoms with van der Waals surface area (Å²) >= 11 is 0. The van der Waals surface area contributed by atoms with Crippen LogP contribution in [0.25, 0.3) is 0 Å². The normalized spacial score (nSPS) is 19.5. The Balaban J connectivity index is 1.93. The first-order chi connectivity index (χ1) is 24.7. The van der Waals surface area contributed by atoms with Crippen LogP contribution in [0.3, 0.4) is 0 Å². The first kappa shape index (κ1) is 45.6. The predicted molar refractivity (Wildman–Crippen MR) is 249 cm³/mol. The summed E-state index contributed by atoms with van der Waals surface area (Å²) in [6.45, 7) is 57.6. The SMILES string of the molecule is CC1(C)CC23CC(C)(C)c4cc(O[Si](C)(C)C(C)(C)C)c(O[Si](C)(C)C(C)(C)C)c(c42)COCc2c(O[Si](C)(C)C(C)(C)C)c(O[Si](C)(C)C(C)(C)C)cc1c23. The van der Waals surface area contributed by atoms with E-state index in [2.05, 4.69) is 175 Å². The molecule has 56 heavy (non-hydrogen) atoms. The molecular weight excluding hydrogens is 757 g/mol. The Kier molecular flexibility index (Phi) is 10.8. The molecule has 0 N–H and O–H groups in total. The molecule has 0 fully saturated rings. The van der Waals surface area contributed by atoms with Gasteiger partial charge in [0.15, 0.2) is 11.5 Å². The van der Waals surface area contributed by atoms with E-state index in [1.165, 1.54) is 33.4 Å². The van der Waals surface area contributed by atoms with E-state index in [9.17, 15) is 0 Å². The fourth-order valence-electron chi connectivity index (χ4n) is 8.37. The molecule has 0 atom stereocenters. The molecule has 0 saturated heterocycles. The maximum absolute atomic E-state index is 7.55. The molecule has 5 rings (SSSR count). The molecule has 3 aliphatic rings. The monoisotopic (exact) mass is 839 g/mol. The highest BCUT2D eigenvalue weighted by Gasteiger charge is 2.61. The highest BCUT2D eigenvalue weighted by molar-refractivity contribution is 6.76. The fraction of sp³-hybridized carbons (Fsp3) is 0.745. The zero-order chi connectivity index (χ0) is 43.1. The molecule has 2 aromatic carbocycles. The molecule has 0 unspecified atom stereocenters. The number of benzene rings is 2. The fourth-order valence-corrected chi connectivity index (χ4v) is 12.5. The Morgan fingerprint density at radius 3 is 1.00 bits per heavy atom. The van der Waals surface area contributed by atoms with Crippen molar-refractivity contribution in [3.8, 4) is 23.0 Å². The summed E-state index contributed by atoms with van der Waals surface area (Å²) in [5.74, 6) is 3.70. The van der Waals surface area contributed by atoms with Crippen molar-refractivity contribution in [2.45, 2.75) is 226 Å². The Labute approximate surface area is 348 Å². The van der Waals surface area contributed by atoms with Gasteiger partial charge in [-0.15, -0.1) is 0 Å². The summed E-state index contributed by atoms with van der Waals surface area (Å²) < 4.78 is 37.0. The van der Waals surface area contributed by atoms with Gasteiger partial charge in [-0.2, -0.15) is 0 Å². The van der Waals surface area contributed by atoms with E-state index in [1.54, 1.807) is 0 Å². The van der Waals surface area contributed by atoms with Crippen molar-refractivity contribution in [2.75, 3.05) is 0 Å². The molecule has 1 aliphatic heterocycles. The number of rotatable bonds is 8. The summed E-state index contributed by atoms with van der Waals surface area (Å²) in [5.41, 5.74) is 7.56. The number of hydrogen-bond acceptors (Lipinski definition) is 5. The molecule has 316 valence electrons. The van der Waals surface area contributed by atoms with Crippen LogP contribution in [0, 0.1) is 0 Å². The number of ether oxygens (including phenoxy) is 1. The molecule has 0 radical (unpaired) electrons. The average molecular weight is 840 g/mol. The topological polar surface area (TPSA) is 46.2 Å². The van der Waals surface area contributed by atoms with E-state index in [0.717, 1.165) is 35.8 Å².